The molecule has 0 amide bonds. The second-order valence-corrected chi connectivity index (χ2v) is 4.83. The standard InChI is InChI=1S/C15H14ClF2N/c1-10(11-2-5-14(17)6-3-11)19-9-12-8-13(16)4-7-15(12)18/h2-8,10,19H,9H2,1H3. The van der Waals surface area contributed by atoms with Crippen molar-refractivity contribution in [2.75, 3.05) is 0 Å². The average molecular weight is 282 g/mol. The summed E-state index contributed by atoms with van der Waals surface area (Å²) in [6.45, 7) is 2.31. The molecule has 0 aromatic heterocycles. The second kappa shape index (κ2) is 6.13. The van der Waals surface area contributed by atoms with Crippen LogP contribution in [0.15, 0.2) is 42.5 Å². The summed E-state index contributed by atoms with van der Waals surface area (Å²) in [5, 5.41) is 3.69. The van der Waals surface area contributed by atoms with Crippen LogP contribution in [-0.4, -0.2) is 0 Å². The van der Waals surface area contributed by atoms with Crippen LogP contribution in [0.1, 0.15) is 24.1 Å². The summed E-state index contributed by atoms with van der Waals surface area (Å²) in [6.07, 6.45) is 0. The topological polar surface area (TPSA) is 12.0 Å². The lowest BCUT2D eigenvalue weighted by Crippen LogP contribution is -2.18. The molecule has 0 aliphatic heterocycles. The molecule has 2 aromatic rings. The predicted octanol–water partition coefficient (Wildman–Crippen LogP) is 4.47. The van der Waals surface area contributed by atoms with Crippen LogP contribution in [0.3, 0.4) is 0 Å². The van der Waals surface area contributed by atoms with E-state index in [1.165, 1.54) is 24.3 Å². The summed E-state index contributed by atoms with van der Waals surface area (Å²) in [5.74, 6) is -0.556. The Kier molecular flexibility index (Phi) is 4.51. The Labute approximate surface area is 116 Å². The Morgan fingerprint density at radius 1 is 1.11 bits per heavy atom. The zero-order valence-corrected chi connectivity index (χ0v) is 11.2. The third-order valence-corrected chi connectivity index (χ3v) is 3.21. The molecule has 0 heterocycles. The fourth-order valence-corrected chi connectivity index (χ4v) is 2.01. The van der Waals surface area contributed by atoms with E-state index in [1.807, 2.05) is 6.92 Å². The Hall–Kier alpha value is -1.45. The van der Waals surface area contributed by atoms with Crippen LogP contribution in [0, 0.1) is 11.6 Å². The van der Waals surface area contributed by atoms with Gasteiger partial charge in [0.25, 0.3) is 0 Å². The highest BCUT2D eigenvalue weighted by atomic mass is 35.5. The third kappa shape index (κ3) is 3.75. The lowest BCUT2D eigenvalue weighted by molar-refractivity contribution is 0.543. The van der Waals surface area contributed by atoms with E-state index < -0.39 is 0 Å². The Balaban J connectivity index is 2.02. The molecule has 0 aliphatic carbocycles. The number of hydrogen-bond acceptors (Lipinski definition) is 1. The molecule has 0 saturated heterocycles. The van der Waals surface area contributed by atoms with Crippen LogP contribution < -0.4 is 5.32 Å². The van der Waals surface area contributed by atoms with Crippen LogP contribution in [0.4, 0.5) is 8.78 Å². The van der Waals surface area contributed by atoms with Crippen molar-refractivity contribution in [2.24, 2.45) is 0 Å². The first kappa shape index (κ1) is 14.0. The number of rotatable bonds is 4. The Bertz CT molecular complexity index is 555. The van der Waals surface area contributed by atoms with Gasteiger partial charge < -0.3 is 5.32 Å². The average Bonchev–Trinajstić information content (AvgIpc) is 2.40. The summed E-state index contributed by atoms with van der Waals surface area (Å²) >= 11 is 5.83. The molecule has 0 saturated carbocycles. The molecule has 2 rings (SSSR count). The van der Waals surface area contributed by atoms with Gasteiger partial charge >= 0.3 is 0 Å². The van der Waals surface area contributed by atoms with Gasteiger partial charge in [-0.05, 0) is 42.8 Å². The summed E-state index contributed by atoms with van der Waals surface area (Å²) in [7, 11) is 0. The van der Waals surface area contributed by atoms with E-state index in [2.05, 4.69) is 5.32 Å². The van der Waals surface area contributed by atoms with Gasteiger partial charge in [0.05, 0.1) is 0 Å². The predicted molar refractivity (Wildman–Crippen MR) is 73.1 cm³/mol. The van der Waals surface area contributed by atoms with E-state index in [0.29, 0.717) is 17.1 Å². The van der Waals surface area contributed by atoms with E-state index in [1.54, 1.807) is 18.2 Å². The first-order valence-electron chi connectivity index (χ1n) is 5.99. The van der Waals surface area contributed by atoms with Gasteiger partial charge in [-0.3, -0.25) is 0 Å². The van der Waals surface area contributed by atoms with E-state index in [9.17, 15) is 8.78 Å². The second-order valence-electron chi connectivity index (χ2n) is 4.39. The highest BCUT2D eigenvalue weighted by Gasteiger charge is 2.07. The van der Waals surface area contributed by atoms with Crippen molar-refractivity contribution >= 4 is 11.6 Å². The first-order chi connectivity index (χ1) is 9.06. The van der Waals surface area contributed by atoms with Crippen molar-refractivity contribution in [2.45, 2.75) is 19.5 Å². The molecule has 1 unspecified atom stereocenters. The smallest absolute Gasteiger partial charge is 0.127 e. The first-order valence-corrected chi connectivity index (χ1v) is 6.37. The zero-order valence-electron chi connectivity index (χ0n) is 10.5. The van der Waals surface area contributed by atoms with E-state index in [-0.39, 0.29) is 17.7 Å². The van der Waals surface area contributed by atoms with Crippen LogP contribution in [0.25, 0.3) is 0 Å². The lowest BCUT2D eigenvalue weighted by Gasteiger charge is -2.14. The van der Waals surface area contributed by atoms with Crippen molar-refractivity contribution in [1.82, 2.24) is 5.32 Å². The zero-order chi connectivity index (χ0) is 13.8. The van der Waals surface area contributed by atoms with Crippen molar-refractivity contribution in [3.8, 4) is 0 Å². The summed E-state index contributed by atoms with van der Waals surface area (Å²) < 4.78 is 26.3. The highest BCUT2D eigenvalue weighted by molar-refractivity contribution is 6.30. The highest BCUT2D eigenvalue weighted by Crippen LogP contribution is 2.17. The molecular formula is C15H14ClF2N. The fourth-order valence-electron chi connectivity index (χ4n) is 1.81. The number of halogens is 3. The molecule has 1 N–H and O–H groups in total. The van der Waals surface area contributed by atoms with E-state index in [4.69, 9.17) is 11.6 Å². The Morgan fingerprint density at radius 2 is 1.79 bits per heavy atom. The quantitative estimate of drug-likeness (QED) is 0.872. The molecule has 100 valence electrons. The van der Waals surface area contributed by atoms with Gasteiger partial charge in [0.1, 0.15) is 11.6 Å². The largest absolute Gasteiger partial charge is 0.306 e. The minimum Gasteiger partial charge on any atom is -0.306 e. The minimum atomic E-state index is -0.289. The van der Waals surface area contributed by atoms with Crippen LogP contribution >= 0.6 is 11.6 Å². The van der Waals surface area contributed by atoms with Crippen molar-refractivity contribution in [3.05, 3.63) is 70.2 Å². The normalized spacial score (nSPS) is 12.4. The maximum atomic E-state index is 13.5. The molecule has 0 bridgehead atoms. The third-order valence-electron chi connectivity index (χ3n) is 2.98. The van der Waals surface area contributed by atoms with Gasteiger partial charge in [-0.15, -0.1) is 0 Å². The number of benzene rings is 2. The molecule has 1 nitrogen and oxygen atoms in total. The van der Waals surface area contributed by atoms with Crippen molar-refractivity contribution in [3.63, 3.8) is 0 Å². The van der Waals surface area contributed by atoms with Gasteiger partial charge in [-0.2, -0.15) is 0 Å². The van der Waals surface area contributed by atoms with Gasteiger partial charge in [0.2, 0.25) is 0 Å². The lowest BCUT2D eigenvalue weighted by atomic mass is 10.1. The van der Waals surface area contributed by atoms with E-state index in [0.717, 1.165) is 5.56 Å². The molecule has 0 fully saturated rings. The Morgan fingerprint density at radius 3 is 2.47 bits per heavy atom. The summed E-state index contributed by atoms with van der Waals surface area (Å²) in [5.41, 5.74) is 1.46. The molecule has 0 spiro atoms. The molecule has 1 atom stereocenters. The van der Waals surface area contributed by atoms with Crippen LogP contribution in [0.5, 0.6) is 0 Å². The molecule has 4 heteroatoms. The number of hydrogen-bond donors (Lipinski definition) is 1. The fraction of sp³-hybridized carbons (Fsp3) is 0.200. The van der Waals surface area contributed by atoms with Gasteiger partial charge in [-0.1, -0.05) is 23.7 Å². The van der Waals surface area contributed by atoms with E-state index >= 15 is 0 Å². The van der Waals surface area contributed by atoms with Crippen molar-refractivity contribution in [1.29, 1.82) is 0 Å². The molecule has 19 heavy (non-hydrogen) atoms. The van der Waals surface area contributed by atoms with Crippen LogP contribution in [-0.2, 0) is 6.54 Å². The van der Waals surface area contributed by atoms with Gasteiger partial charge in [0.15, 0.2) is 0 Å². The minimum absolute atomic E-state index is 0.000943. The summed E-state index contributed by atoms with van der Waals surface area (Å²) in [4.78, 5) is 0. The number of nitrogens with one attached hydrogen (secondary N) is 1. The monoisotopic (exact) mass is 281 g/mol. The van der Waals surface area contributed by atoms with Crippen molar-refractivity contribution < 1.29 is 8.78 Å². The SMILES string of the molecule is CC(NCc1cc(Cl)ccc1F)c1ccc(F)cc1. The molecule has 0 aliphatic rings. The molecular weight excluding hydrogens is 268 g/mol. The maximum Gasteiger partial charge on any atom is 0.127 e. The maximum absolute atomic E-state index is 13.5. The summed E-state index contributed by atoms with van der Waals surface area (Å²) in [6, 6.07) is 10.7. The molecule has 2 aromatic carbocycles. The van der Waals surface area contributed by atoms with Gasteiger partial charge in [0, 0.05) is 23.2 Å². The van der Waals surface area contributed by atoms with Gasteiger partial charge in [-0.25, -0.2) is 8.78 Å². The molecule has 0 radical (unpaired) electrons. The van der Waals surface area contributed by atoms with Crippen LogP contribution in [0.2, 0.25) is 5.02 Å².